The van der Waals surface area contributed by atoms with Crippen LogP contribution >= 0.6 is 0 Å². The Morgan fingerprint density at radius 3 is 1.96 bits per heavy atom. The zero-order valence-electron chi connectivity index (χ0n) is 17.0. The van der Waals surface area contributed by atoms with Crippen LogP contribution in [0.4, 0.5) is 0 Å². The molecule has 0 aromatic carbocycles. The Morgan fingerprint density at radius 2 is 1.42 bits per heavy atom. The molecule has 0 aromatic heterocycles. The number of rotatable bonds is 15. The van der Waals surface area contributed by atoms with Gasteiger partial charge in [-0.1, -0.05) is 13.3 Å². The Labute approximate surface area is 159 Å². The van der Waals surface area contributed by atoms with Gasteiger partial charge < -0.3 is 24.3 Å². The molecule has 0 saturated heterocycles. The number of hydrogen-bond donors (Lipinski definition) is 1. The van der Waals surface area contributed by atoms with Crippen molar-refractivity contribution in [3.8, 4) is 0 Å². The normalized spacial score (nSPS) is 20.5. The average Bonchev–Trinajstić information content (AvgIpc) is 2.65. The highest BCUT2D eigenvalue weighted by atomic mass is 16.6. The number of hydrogen-bond acceptors (Lipinski definition) is 5. The molecular formula is C20H39NO5. The highest BCUT2D eigenvalue weighted by Crippen LogP contribution is 2.30. The van der Waals surface area contributed by atoms with Gasteiger partial charge in [-0.15, -0.1) is 0 Å². The van der Waals surface area contributed by atoms with Crippen molar-refractivity contribution >= 4 is 5.91 Å². The van der Waals surface area contributed by atoms with Crippen molar-refractivity contribution in [2.45, 2.75) is 59.0 Å². The monoisotopic (exact) mass is 373 g/mol. The average molecular weight is 374 g/mol. The number of carbonyl (C=O) groups excluding carboxylic acids is 1. The van der Waals surface area contributed by atoms with Gasteiger partial charge in [0.1, 0.15) is 0 Å². The van der Waals surface area contributed by atoms with Crippen LogP contribution in [0.3, 0.4) is 0 Å². The van der Waals surface area contributed by atoms with Gasteiger partial charge in [-0.25, -0.2) is 0 Å². The molecule has 1 aliphatic rings. The first-order valence-corrected chi connectivity index (χ1v) is 10.3. The molecule has 1 fully saturated rings. The van der Waals surface area contributed by atoms with Gasteiger partial charge >= 0.3 is 0 Å². The third-order valence-corrected chi connectivity index (χ3v) is 4.76. The predicted molar refractivity (Wildman–Crippen MR) is 102 cm³/mol. The molecule has 26 heavy (non-hydrogen) atoms. The molecular weight excluding hydrogens is 334 g/mol. The van der Waals surface area contributed by atoms with Gasteiger partial charge in [0.25, 0.3) is 0 Å². The van der Waals surface area contributed by atoms with E-state index < -0.39 is 0 Å². The number of nitrogens with one attached hydrogen (secondary N) is 1. The first-order valence-electron chi connectivity index (χ1n) is 10.3. The van der Waals surface area contributed by atoms with Gasteiger partial charge in [0, 0.05) is 12.5 Å². The topological polar surface area (TPSA) is 66.0 Å². The quantitative estimate of drug-likeness (QED) is 0.447. The lowest BCUT2D eigenvalue weighted by Crippen LogP contribution is -2.35. The zero-order chi connectivity index (χ0) is 19.0. The first-order chi connectivity index (χ1) is 12.6. The van der Waals surface area contributed by atoms with Crippen LogP contribution in [-0.2, 0) is 23.7 Å². The van der Waals surface area contributed by atoms with Crippen molar-refractivity contribution in [1.29, 1.82) is 0 Å². The standard InChI is InChI=1S/C20H39NO5/c1-4-18-5-7-19(8-6-18)20(22)21-9-10-23-11-12-24-13-14-25-15-16-26-17(2)3/h17-19H,4-16H2,1-3H3,(H,21,22)/t18-,19+. The molecule has 0 aromatic rings. The zero-order valence-corrected chi connectivity index (χ0v) is 17.0. The maximum atomic E-state index is 12.1. The van der Waals surface area contributed by atoms with E-state index in [0.717, 1.165) is 18.8 Å². The van der Waals surface area contributed by atoms with Crippen LogP contribution in [0.2, 0.25) is 0 Å². The maximum absolute atomic E-state index is 12.1. The highest BCUT2D eigenvalue weighted by Gasteiger charge is 2.24. The number of carbonyl (C=O) groups is 1. The second-order valence-corrected chi connectivity index (χ2v) is 7.17. The summed E-state index contributed by atoms with van der Waals surface area (Å²) in [5, 5.41) is 2.99. The van der Waals surface area contributed by atoms with Crippen molar-refractivity contribution in [2.24, 2.45) is 11.8 Å². The van der Waals surface area contributed by atoms with E-state index in [9.17, 15) is 4.79 Å². The molecule has 0 unspecified atom stereocenters. The predicted octanol–water partition coefficient (Wildman–Crippen LogP) is 2.79. The number of ether oxygens (including phenoxy) is 4. The van der Waals surface area contributed by atoms with Crippen molar-refractivity contribution in [3.05, 3.63) is 0 Å². The van der Waals surface area contributed by atoms with E-state index in [4.69, 9.17) is 18.9 Å². The van der Waals surface area contributed by atoms with E-state index in [2.05, 4.69) is 12.2 Å². The van der Waals surface area contributed by atoms with E-state index in [1.807, 2.05) is 13.8 Å². The summed E-state index contributed by atoms with van der Waals surface area (Å²) in [6, 6.07) is 0. The molecule has 0 bridgehead atoms. The molecule has 0 spiro atoms. The van der Waals surface area contributed by atoms with Crippen LogP contribution in [0.25, 0.3) is 0 Å². The minimum absolute atomic E-state index is 0.193. The van der Waals surface area contributed by atoms with Crippen LogP contribution in [0.5, 0.6) is 0 Å². The summed E-state index contributed by atoms with van der Waals surface area (Å²) in [4.78, 5) is 12.1. The fourth-order valence-electron chi connectivity index (χ4n) is 3.11. The molecule has 0 atom stereocenters. The molecule has 6 nitrogen and oxygen atoms in total. The summed E-state index contributed by atoms with van der Waals surface area (Å²) < 4.78 is 21.7. The molecule has 1 rings (SSSR count). The smallest absolute Gasteiger partial charge is 0.223 e. The molecule has 6 heteroatoms. The summed E-state index contributed by atoms with van der Waals surface area (Å²) in [6.45, 7) is 10.8. The van der Waals surface area contributed by atoms with E-state index in [-0.39, 0.29) is 17.9 Å². The first kappa shape index (κ1) is 23.3. The van der Waals surface area contributed by atoms with Gasteiger partial charge in [0.2, 0.25) is 5.91 Å². The van der Waals surface area contributed by atoms with Crippen molar-refractivity contribution in [2.75, 3.05) is 52.8 Å². The number of amides is 1. The van der Waals surface area contributed by atoms with Crippen molar-refractivity contribution in [3.63, 3.8) is 0 Å². The van der Waals surface area contributed by atoms with Crippen molar-refractivity contribution in [1.82, 2.24) is 5.32 Å². The SMILES string of the molecule is CC[C@H]1CC[C@@H](C(=O)NCCOCCOCCOCCOC(C)C)CC1. The summed E-state index contributed by atoms with van der Waals surface area (Å²) in [7, 11) is 0. The van der Waals surface area contributed by atoms with Crippen LogP contribution in [0.15, 0.2) is 0 Å². The molecule has 0 aliphatic heterocycles. The second-order valence-electron chi connectivity index (χ2n) is 7.17. The summed E-state index contributed by atoms with van der Waals surface area (Å²) in [6.07, 6.45) is 5.93. The lowest BCUT2D eigenvalue weighted by molar-refractivity contribution is -0.126. The van der Waals surface area contributed by atoms with Gasteiger partial charge in [-0.05, 0) is 45.4 Å². The Kier molecular flexibility index (Phi) is 13.8. The molecule has 154 valence electrons. The van der Waals surface area contributed by atoms with E-state index in [1.165, 1.54) is 19.3 Å². The maximum Gasteiger partial charge on any atom is 0.223 e. The molecule has 0 heterocycles. The molecule has 1 N–H and O–H groups in total. The molecule has 1 amide bonds. The van der Waals surface area contributed by atoms with E-state index in [0.29, 0.717) is 52.8 Å². The molecule has 1 aliphatic carbocycles. The largest absolute Gasteiger partial charge is 0.377 e. The third-order valence-electron chi connectivity index (χ3n) is 4.76. The fourth-order valence-corrected chi connectivity index (χ4v) is 3.11. The lowest BCUT2D eigenvalue weighted by atomic mass is 9.80. The van der Waals surface area contributed by atoms with Crippen LogP contribution in [-0.4, -0.2) is 64.8 Å². The minimum Gasteiger partial charge on any atom is -0.377 e. The van der Waals surface area contributed by atoms with E-state index >= 15 is 0 Å². The van der Waals surface area contributed by atoms with E-state index in [1.54, 1.807) is 0 Å². The lowest BCUT2D eigenvalue weighted by Gasteiger charge is -2.26. The van der Waals surface area contributed by atoms with Crippen molar-refractivity contribution < 1.29 is 23.7 Å². The minimum atomic E-state index is 0.193. The Balaban J connectivity index is 1.81. The Morgan fingerprint density at radius 1 is 0.885 bits per heavy atom. The van der Waals surface area contributed by atoms with Gasteiger partial charge in [-0.2, -0.15) is 0 Å². The van der Waals surface area contributed by atoms with Gasteiger partial charge in [-0.3, -0.25) is 4.79 Å². The highest BCUT2D eigenvalue weighted by molar-refractivity contribution is 5.78. The molecule has 1 saturated carbocycles. The Bertz CT molecular complexity index is 343. The summed E-state index contributed by atoms with van der Waals surface area (Å²) in [5.41, 5.74) is 0. The summed E-state index contributed by atoms with van der Waals surface area (Å²) in [5.74, 6) is 1.21. The third kappa shape index (κ3) is 11.8. The van der Waals surface area contributed by atoms with Gasteiger partial charge in [0.05, 0.1) is 52.4 Å². The van der Waals surface area contributed by atoms with Crippen LogP contribution < -0.4 is 5.32 Å². The van der Waals surface area contributed by atoms with Crippen LogP contribution in [0.1, 0.15) is 52.9 Å². The van der Waals surface area contributed by atoms with Crippen LogP contribution in [0, 0.1) is 11.8 Å². The summed E-state index contributed by atoms with van der Waals surface area (Å²) >= 11 is 0. The second kappa shape index (κ2) is 15.4. The van der Waals surface area contributed by atoms with Gasteiger partial charge in [0.15, 0.2) is 0 Å². The fraction of sp³-hybridized carbons (Fsp3) is 0.950. The Hall–Kier alpha value is -0.690. The molecule has 0 radical (unpaired) electrons.